The molecule has 0 aliphatic carbocycles. The van der Waals surface area contributed by atoms with Crippen LogP contribution in [0.1, 0.15) is 44.4 Å². The zero-order valence-corrected chi connectivity index (χ0v) is 18.1. The molecule has 1 aromatic heterocycles. The number of halogens is 1. The topological polar surface area (TPSA) is 76.4 Å². The fraction of sp³-hybridized carbons (Fsp3) is 0.571. The lowest BCUT2D eigenvalue weighted by atomic mass is 9.84. The third-order valence-corrected chi connectivity index (χ3v) is 4.83. The van der Waals surface area contributed by atoms with Crippen molar-refractivity contribution in [2.24, 2.45) is 12.0 Å². The first kappa shape index (κ1) is 22.8. The van der Waals surface area contributed by atoms with Crippen molar-refractivity contribution in [3.05, 3.63) is 47.3 Å². The lowest BCUT2D eigenvalue weighted by molar-refractivity contribution is 0.145. The quantitative estimate of drug-likeness (QED) is 0.362. The van der Waals surface area contributed by atoms with Crippen LogP contribution in [0.25, 0.3) is 0 Å². The van der Waals surface area contributed by atoms with Gasteiger partial charge in [-0.15, -0.1) is 10.2 Å². The van der Waals surface area contributed by atoms with E-state index in [0.29, 0.717) is 32.3 Å². The first-order valence-corrected chi connectivity index (χ1v) is 10.0. The number of rotatable bonds is 10. The molecular weight excluding hydrogens is 371 g/mol. The van der Waals surface area contributed by atoms with Gasteiger partial charge in [0.15, 0.2) is 11.8 Å². The van der Waals surface area contributed by atoms with Gasteiger partial charge in [-0.3, -0.25) is 0 Å². The molecule has 2 rings (SSSR count). The van der Waals surface area contributed by atoms with Crippen molar-refractivity contribution in [3.63, 3.8) is 0 Å². The molecule has 2 aromatic rings. The summed E-state index contributed by atoms with van der Waals surface area (Å²) in [6.07, 6.45) is 0.880. The summed E-state index contributed by atoms with van der Waals surface area (Å²) in [6, 6.07) is 6.72. The lowest BCUT2D eigenvalue weighted by Crippen LogP contribution is -2.44. The van der Waals surface area contributed by atoms with Gasteiger partial charge < -0.3 is 19.9 Å². The summed E-state index contributed by atoms with van der Waals surface area (Å²) < 4.78 is 20.9. The van der Waals surface area contributed by atoms with Gasteiger partial charge >= 0.3 is 0 Å². The van der Waals surface area contributed by atoms with E-state index in [1.54, 1.807) is 12.1 Å². The van der Waals surface area contributed by atoms with Gasteiger partial charge in [0.25, 0.3) is 0 Å². The van der Waals surface area contributed by atoms with Crippen LogP contribution < -0.4 is 10.6 Å². The Morgan fingerprint density at radius 1 is 1.28 bits per heavy atom. The summed E-state index contributed by atoms with van der Waals surface area (Å²) in [5, 5.41) is 15.0. The Morgan fingerprint density at radius 3 is 2.72 bits per heavy atom. The predicted molar refractivity (Wildman–Crippen MR) is 113 cm³/mol. The minimum atomic E-state index is -0.267. The number of aromatic nitrogens is 3. The Kier molecular flexibility index (Phi) is 8.57. The number of nitrogens with one attached hydrogen (secondary N) is 2. The van der Waals surface area contributed by atoms with Crippen LogP contribution in [-0.2, 0) is 23.7 Å². The van der Waals surface area contributed by atoms with Crippen LogP contribution in [0.15, 0.2) is 29.3 Å². The summed E-state index contributed by atoms with van der Waals surface area (Å²) in [5.41, 5.74) is 0.668. The minimum absolute atomic E-state index is 0.226. The van der Waals surface area contributed by atoms with E-state index in [2.05, 4.69) is 39.7 Å². The van der Waals surface area contributed by atoms with E-state index in [1.807, 2.05) is 31.5 Å². The maximum Gasteiger partial charge on any atom is 0.191 e. The maximum atomic E-state index is 13.6. The molecule has 2 N–H and O–H groups in total. The second-order valence-electron chi connectivity index (χ2n) is 7.61. The number of benzene rings is 1. The normalized spacial score (nSPS) is 12.3. The van der Waals surface area contributed by atoms with Gasteiger partial charge in [-0.25, -0.2) is 9.38 Å². The maximum absolute atomic E-state index is 13.6. The van der Waals surface area contributed by atoms with Gasteiger partial charge in [-0.2, -0.15) is 0 Å². The van der Waals surface area contributed by atoms with E-state index in [4.69, 9.17) is 4.74 Å². The number of aryl methyl sites for hydroxylation is 1. The van der Waals surface area contributed by atoms with Crippen molar-refractivity contribution in [3.8, 4) is 0 Å². The number of hydrogen-bond acceptors (Lipinski definition) is 4. The highest BCUT2D eigenvalue weighted by Crippen LogP contribution is 2.22. The third kappa shape index (κ3) is 7.12. The molecule has 1 heterocycles. The van der Waals surface area contributed by atoms with E-state index in [1.165, 1.54) is 6.07 Å². The monoisotopic (exact) mass is 404 g/mol. The van der Waals surface area contributed by atoms with Crippen LogP contribution in [0.4, 0.5) is 4.39 Å². The van der Waals surface area contributed by atoms with Crippen molar-refractivity contribution in [1.29, 1.82) is 0 Å². The molecule has 0 atom stereocenters. The van der Waals surface area contributed by atoms with Crippen molar-refractivity contribution in [1.82, 2.24) is 25.4 Å². The average molecular weight is 405 g/mol. The van der Waals surface area contributed by atoms with Crippen molar-refractivity contribution < 1.29 is 9.13 Å². The number of guanidine groups is 1. The summed E-state index contributed by atoms with van der Waals surface area (Å²) in [5.74, 6) is 2.10. The molecule has 0 radical (unpaired) electrons. The Morgan fingerprint density at radius 2 is 2.07 bits per heavy atom. The van der Waals surface area contributed by atoms with Gasteiger partial charge in [0.05, 0.1) is 0 Å². The van der Waals surface area contributed by atoms with Crippen LogP contribution in [0, 0.1) is 12.7 Å². The Hall–Kier alpha value is -2.48. The van der Waals surface area contributed by atoms with Crippen molar-refractivity contribution >= 4 is 5.96 Å². The number of nitrogens with zero attached hydrogens (tertiary/aromatic N) is 4. The number of hydrogen-bond donors (Lipinski definition) is 2. The Balaban J connectivity index is 2.03. The molecule has 0 saturated carbocycles. The highest BCUT2D eigenvalue weighted by molar-refractivity contribution is 5.79. The van der Waals surface area contributed by atoms with Gasteiger partial charge in [0.2, 0.25) is 0 Å². The summed E-state index contributed by atoms with van der Waals surface area (Å²) in [4.78, 5) is 4.66. The molecule has 8 heteroatoms. The molecule has 160 valence electrons. The second kappa shape index (κ2) is 10.9. The highest BCUT2D eigenvalue weighted by atomic mass is 19.1. The molecule has 0 spiro atoms. The molecule has 0 unspecified atom stereocenters. The first-order valence-electron chi connectivity index (χ1n) is 10.0. The zero-order valence-electron chi connectivity index (χ0n) is 18.1. The SMILES string of the molecule is CCOCCCNC(=NCc1nnc(C)n1C)NCC(C)(C)c1cccc(F)c1. The fourth-order valence-electron chi connectivity index (χ4n) is 2.75. The van der Waals surface area contributed by atoms with E-state index in [-0.39, 0.29) is 11.2 Å². The molecule has 1 aromatic carbocycles. The van der Waals surface area contributed by atoms with Crippen LogP contribution in [-0.4, -0.2) is 47.0 Å². The average Bonchev–Trinajstić information content (AvgIpc) is 3.01. The minimum Gasteiger partial charge on any atom is -0.382 e. The molecule has 0 saturated heterocycles. The first-order chi connectivity index (χ1) is 13.8. The van der Waals surface area contributed by atoms with Crippen molar-refractivity contribution in [2.75, 3.05) is 26.3 Å². The number of aliphatic imine (C=N–C) groups is 1. The van der Waals surface area contributed by atoms with E-state index in [0.717, 1.165) is 30.2 Å². The Labute approximate surface area is 172 Å². The van der Waals surface area contributed by atoms with Crippen molar-refractivity contribution in [2.45, 2.75) is 46.1 Å². The second-order valence-corrected chi connectivity index (χ2v) is 7.61. The lowest BCUT2D eigenvalue weighted by Gasteiger charge is -2.27. The van der Waals surface area contributed by atoms with Gasteiger partial charge in [0, 0.05) is 38.8 Å². The zero-order chi connectivity index (χ0) is 21.3. The van der Waals surface area contributed by atoms with E-state index in [9.17, 15) is 4.39 Å². The van der Waals surface area contributed by atoms with Gasteiger partial charge in [-0.05, 0) is 38.0 Å². The van der Waals surface area contributed by atoms with Gasteiger partial charge in [-0.1, -0.05) is 26.0 Å². The summed E-state index contributed by atoms with van der Waals surface area (Å²) in [7, 11) is 1.93. The number of ether oxygens (including phenoxy) is 1. The molecule has 0 aliphatic heterocycles. The molecule has 0 aliphatic rings. The van der Waals surface area contributed by atoms with Crippen LogP contribution in [0.2, 0.25) is 0 Å². The fourth-order valence-corrected chi connectivity index (χ4v) is 2.75. The standard InChI is InChI=1S/C21H33FN6O/c1-6-29-12-8-11-23-20(24-14-19-27-26-16(2)28(19)5)25-15-21(3,4)17-9-7-10-18(22)13-17/h7,9-10,13H,6,8,11-12,14-15H2,1-5H3,(H2,23,24,25). The van der Waals surface area contributed by atoms with E-state index >= 15 is 0 Å². The van der Waals surface area contributed by atoms with Gasteiger partial charge in [0.1, 0.15) is 18.2 Å². The van der Waals surface area contributed by atoms with E-state index < -0.39 is 0 Å². The summed E-state index contributed by atoms with van der Waals surface area (Å²) in [6.45, 7) is 11.2. The third-order valence-electron chi connectivity index (χ3n) is 4.83. The largest absolute Gasteiger partial charge is 0.382 e. The molecule has 0 amide bonds. The molecule has 29 heavy (non-hydrogen) atoms. The smallest absolute Gasteiger partial charge is 0.191 e. The Bertz CT molecular complexity index is 802. The molecule has 0 fully saturated rings. The summed E-state index contributed by atoms with van der Waals surface area (Å²) >= 11 is 0. The molecule has 7 nitrogen and oxygen atoms in total. The molecule has 0 bridgehead atoms. The van der Waals surface area contributed by atoms with Crippen LogP contribution in [0.3, 0.4) is 0 Å². The van der Waals surface area contributed by atoms with Crippen LogP contribution >= 0.6 is 0 Å². The molecular formula is C21H33FN6O. The predicted octanol–water partition coefficient (Wildman–Crippen LogP) is 2.70. The van der Waals surface area contributed by atoms with Crippen LogP contribution in [0.5, 0.6) is 0 Å². The highest BCUT2D eigenvalue weighted by Gasteiger charge is 2.21.